The summed E-state index contributed by atoms with van der Waals surface area (Å²) in [6, 6.07) is 13.0. The summed E-state index contributed by atoms with van der Waals surface area (Å²) in [6.45, 7) is 5.62. The monoisotopic (exact) mass is 446 g/mol. The van der Waals surface area contributed by atoms with E-state index in [2.05, 4.69) is 27.6 Å². The molecule has 2 atom stereocenters. The van der Waals surface area contributed by atoms with Crippen molar-refractivity contribution in [3.63, 3.8) is 0 Å². The van der Waals surface area contributed by atoms with Crippen LogP contribution in [0.15, 0.2) is 40.9 Å². The zero-order chi connectivity index (χ0) is 23.5. The Morgan fingerprint density at radius 3 is 2.82 bits per heavy atom. The molecule has 3 aromatic rings. The van der Waals surface area contributed by atoms with Gasteiger partial charge in [-0.15, -0.1) is 0 Å². The number of esters is 1. The summed E-state index contributed by atoms with van der Waals surface area (Å²) < 4.78 is 16.1. The molecular weight excluding hydrogens is 420 g/mol. The van der Waals surface area contributed by atoms with Gasteiger partial charge < -0.3 is 14.0 Å². The molecule has 1 aliphatic carbocycles. The number of aromatic nitrogens is 2. The molecule has 0 aliphatic heterocycles. The fraction of sp³-hybridized carbons (Fsp3) is 0.360. The lowest BCUT2D eigenvalue weighted by molar-refractivity contribution is -0.142. The van der Waals surface area contributed by atoms with E-state index in [1.807, 2.05) is 26.0 Å². The maximum atomic E-state index is 11.8. The van der Waals surface area contributed by atoms with Gasteiger partial charge in [-0.05, 0) is 62.9 Å². The van der Waals surface area contributed by atoms with Crippen molar-refractivity contribution in [3.8, 4) is 34.7 Å². The van der Waals surface area contributed by atoms with Crippen LogP contribution in [0.2, 0.25) is 0 Å². The first kappa shape index (κ1) is 22.5. The van der Waals surface area contributed by atoms with Crippen LogP contribution >= 0.6 is 0 Å². The molecule has 2 aromatic carbocycles. The summed E-state index contributed by atoms with van der Waals surface area (Å²) in [7, 11) is 1.39. The van der Waals surface area contributed by atoms with Gasteiger partial charge >= 0.3 is 5.97 Å². The molecule has 8 nitrogen and oxygen atoms in total. The highest BCUT2D eigenvalue weighted by atomic mass is 16.5. The predicted octanol–water partition coefficient (Wildman–Crippen LogP) is 4.20. The molecule has 1 heterocycles. The molecule has 1 aromatic heterocycles. The number of nitrogens with one attached hydrogen (secondary N) is 1. The van der Waals surface area contributed by atoms with Gasteiger partial charge in [0.05, 0.1) is 18.8 Å². The summed E-state index contributed by atoms with van der Waals surface area (Å²) in [5, 5.41) is 17.0. The van der Waals surface area contributed by atoms with Crippen LogP contribution in [0.5, 0.6) is 5.75 Å². The second-order valence-electron chi connectivity index (χ2n) is 8.29. The molecule has 33 heavy (non-hydrogen) atoms. The Bertz CT molecular complexity index is 1210. The van der Waals surface area contributed by atoms with Crippen LogP contribution in [0.3, 0.4) is 0 Å². The molecule has 0 bridgehead atoms. The normalized spacial score (nSPS) is 15.7. The molecule has 0 amide bonds. The van der Waals surface area contributed by atoms with Gasteiger partial charge in [0.15, 0.2) is 0 Å². The Morgan fingerprint density at radius 1 is 1.27 bits per heavy atom. The molecule has 1 N–H and O–H groups in total. The van der Waals surface area contributed by atoms with Crippen LogP contribution in [0.25, 0.3) is 22.8 Å². The van der Waals surface area contributed by atoms with Crippen LogP contribution in [-0.2, 0) is 16.0 Å². The van der Waals surface area contributed by atoms with E-state index in [1.54, 1.807) is 25.1 Å². The van der Waals surface area contributed by atoms with E-state index < -0.39 is 6.04 Å². The lowest BCUT2D eigenvalue weighted by Gasteiger charge is -2.18. The maximum absolute atomic E-state index is 11.8. The summed E-state index contributed by atoms with van der Waals surface area (Å²) >= 11 is 0. The van der Waals surface area contributed by atoms with E-state index in [0.717, 1.165) is 29.5 Å². The minimum absolute atomic E-state index is 0.0351. The first-order chi connectivity index (χ1) is 15.9. The number of ether oxygens (including phenoxy) is 2. The van der Waals surface area contributed by atoms with Gasteiger partial charge in [-0.3, -0.25) is 10.1 Å². The molecule has 4 rings (SSSR count). The predicted molar refractivity (Wildman–Crippen MR) is 121 cm³/mol. The topological polar surface area (TPSA) is 110 Å². The van der Waals surface area contributed by atoms with Gasteiger partial charge in [0.25, 0.3) is 5.89 Å². The van der Waals surface area contributed by atoms with E-state index >= 15 is 0 Å². The third-order valence-corrected chi connectivity index (χ3v) is 5.65. The SMILES string of the molecule is COC(=O)[C@@H](C)N[C@@H]1CCc2c(-c3noc(-c4ccc(OC(C)C)c(C#N)c4)n3)cccc21. The summed E-state index contributed by atoms with van der Waals surface area (Å²) in [6.07, 6.45) is 1.66. The van der Waals surface area contributed by atoms with Crippen LogP contribution in [0.1, 0.15) is 49.9 Å². The Labute approximate surface area is 192 Å². The van der Waals surface area contributed by atoms with E-state index in [4.69, 9.17) is 14.0 Å². The van der Waals surface area contributed by atoms with Crippen molar-refractivity contribution in [2.75, 3.05) is 7.11 Å². The number of nitriles is 1. The molecule has 0 fully saturated rings. The number of fused-ring (bicyclic) bond motifs is 1. The molecule has 0 saturated heterocycles. The van der Waals surface area contributed by atoms with Gasteiger partial charge in [-0.25, -0.2) is 0 Å². The molecule has 8 heteroatoms. The first-order valence-corrected chi connectivity index (χ1v) is 10.9. The summed E-state index contributed by atoms with van der Waals surface area (Å²) in [4.78, 5) is 16.4. The van der Waals surface area contributed by atoms with E-state index in [9.17, 15) is 10.1 Å². The van der Waals surface area contributed by atoms with Gasteiger partial charge in [-0.2, -0.15) is 10.2 Å². The van der Waals surface area contributed by atoms with Crippen molar-refractivity contribution < 1.29 is 18.8 Å². The van der Waals surface area contributed by atoms with Crippen molar-refractivity contribution in [1.29, 1.82) is 5.26 Å². The summed E-state index contributed by atoms with van der Waals surface area (Å²) in [5.41, 5.74) is 4.22. The number of rotatable bonds is 7. The van der Waals surface area contributed by atoms with Crippen molar-refractivity contribution in [1.82, 2.24) is 15.5 Å². The highest BCUT2D eigenvalue weighted by molar-refractivity contribution is 5.75. The van der Waals surface area contributed by atoms with Crippen molar-refractivity contribution in [2.24, 2.45) is 0 Å². The number of hydrogen-bond donors (Lipinski definition) is 1. The average Bonchev–Trinajstić information content (AvgIpc) is 3.46. The number of methoxy groups -OCH3 is 1. The fourth-order valence-electron chi connectivity index (χ4n) is 4.14. The molecule has 170 valence electrons. The van der Waals surface area contributed by atoms with E-state index in [0.29, 0.717) is 28.6 Å². The van der Waals surface area contributed by atoms with Crippen LogP contribution < -0.4 is 10.1 Å². The van der Waals surface area contributed by atoms with Gasteiger partial charge in [0.2, 0.25) is 5.82 Å². The second kappa shape index (κ2) is 9.43. The molecule has 0 saturated carbocycles. The maximum Gasteiger partial charge on any atom is 0.322 e. The first-order valence-electron chi connectivity index (χ1n) is 10.9. The van der Waals surface area contributed by atoms with Crippen LogP contribution in [-0.4, -0.2) is 35.4 Å². The van der Waals surface area contributed by atoms with Crippen molar-refractivity contribution in [2.45, 2.75) is 51.8 Å². The highest BCUT2D eigenvalue weighted by Gasteiger charge is 2.29. The van der Waals surface area contributed by atoms with E-state index in [1.165, 1.54) is 7.11 Å². The van der Waals surface area contributed by atoms with Crippen LogP contribution in [0, 0.1) is 11.3 Å². The lowest BCUT2D eigenvalue weighted by Crippen LogP contribution is -2.36. The molecule has 0 unspecified atom stereocenters. The number of carbonyl (C=O) groups excluding carboxylic acids is 1. The molecular formula is C25H26N4O4. The zero-order valence-corrected chi connectivity index (χ0v) is 19.1. The van der Waals surface area contributed by atoms with Crippen LogP contribution in [0.4, 0.5) is 0 Å². The number of carbonyl (C=O) groups is 1. The highest BCUT2D eigenvalue weighted by Crippen LogP contribution is 2.38. The second-order valence-corrected chi connectivity index (χ2v) is 8.29. The van der Waals surface area contributed by atoms with Gasteiger partial charge in [-0.1, -0.05) is 23.4 Å². The standard InChI is InChI=1S/C25H26N4O4/c1-14(2)32-22-11-8-16(12-17(22)13-26)24-28-23(29-33-24)20-7-5-6-19-18(20)9-10-21(19)27-15(3)25(30)31-4/h5-8,11-12,14-15,21,27H,9-10H2,1-4H3/t15-,21-/m1/s1. The fourth-order valence-corrected chi connectivity index (χ4v) is 4.14. The zero-order valence-electron chi connectivity index (χ0n) is 19.1. The largest absolute Gasteiger partial charge is 0.490 e. The third kappa shape index (κ3) is 4.59. The minimum atomic E-state index is -0.400. The Morgan fingerprint density at radius 2 is 2.09 bits per heavy atom. The third-order valence-electron chi connectivity index (χ3n) is 5.65. The number of hydrogen-bond acceptors (Lipinski definition) is 8. The van der Waals surface area contributed by atoms with Crippen molar-refractivity contribution in [3.05, 3.63) is 53.1 Å². The Balaban J connectivity index is 1.61. The Kier molecular flexibility index (Phi) is 6.43. The van der Waals surface area contributed by atoms with Gasteiger partial charge in [0, 0.05) is 17.2 Å². The summed E-state index contributed by atoms with van der Waals surface area (Å²) in [5.74, 6) is 1.06. The lowest BCUT2D eigenvalue weighted by atomic mass is 10.0. The molecule has 1 aliphatic rings. The Hall–Kier alpha value is -3.70. The van der Waals surface area contributed by atoms with E-state index in [-0.39, 0.29) is 18.1 Å². The number of benzene rings is 2. The minimum Gasteiger partial charge on any atom is -0.490 e. The average molecular weight is 447 g/mol. The van der Waals surface area contributed by atoms with Crippen molar-refractivity contribution >= 4 is 5.97 Å². The quantitative estimate of drug-likeness (QED) is 0.538. The molecule has 0 spiro atoms. The van der Waals surface area contributed by atoms with Gasteiger partial charge in [0.1, 0.15) is 17.9 Å². The number of nitrogens with zero attached hydrogens (tertiary/aromatic N) is 3. The molecule has 0 radical (unpaired) electrons. The smallest absolute Gasteiger partial charge is 0.322 e.